The number of ether oxygens (including phenoxy) is 1. The molecule has 4 heteroatoms. The lowest BCUT2D eigenvalue weighted by Gasteiger charge is -2.26. The predicted molar refractivity (Wildman–Crippen MR) is 99.2 cm³/mol. The average Bonchev–Trinajstić information content (AvgIpc) is 3.08. The van der Waals surface area contributed by atoms with Crippen LogP contribution < -0.4 is 4.74 Å². The van der Waals surface area contributed by atoms with E-state index in [1.165, 1.54) is 34.2 Å². The number of H-pyrrole nitrogens is 1. The highest BCUT2D eigenvalue weighted by Gasteiger charge is 2.15. The maximum Gasteiger partial charge on any atom is 0.123 e. The molecule has 2 aromatic carbocycles. The molecule has 3 aromatic rings. The lowest BCUT2D eigenvalue weighted by molar-refractivity contribution is 0.222. The predicted octanol–water partition coefficient (Wildman–Crippen LogP) is 4.48. The van der Waals surface area contributed by atoms with Crippen LogP contribution in [0.2, 0.25) is 0 Å². The average molecular weight is 336 g/mol. The number of fused-ring (bicyclic) bond motifs is 1. The monoisotopic (exact) mass is 336 g/mol. The Labute approximate surface area is 146 Å². The Bertz CT molecular complexity index is 882. The first-order valence-electron chi connectivity index (χ1n) is 8.66. The lowest BCUT2D eigenvalue weighted by atomic mass is 9.99. The summed E-state index contributed by atoms with van der Waals surface area (Å²) < 4.78 is 18.6. The minimum Gasteiger partial charge on any atom is -0.492 e. The van der Waals surface area contributed by atoms with Crippen molar-refractivity contribution in [3.05, 3.63) is 72.2 Å². The molecule has 4 rings (SSSR count). The number of aromatic nitrogens is 1. The van der Waals surface area contributed by atoms with Crippen LogP contribution in [0.1, 0.15) is 12.0 Å². The molecule has 0 fully saturated rings. The minimum atomic E-state index is -0.238. The zero-order chi connectivity index (χ0) is 17.1. The van der Waals surface area contributed by atoms with Gasteiger partial charge in [-0.25, -0.2) is 4.39 Å². The summed E-state index contributed by atoms with van der Waals surface area (Å²) in [5, 5.41) is 1.29. The van der Waals surface area contributed by atoms with Gasteiger partial charge < -0.3 is 9.72 Å². The standard InChI is InChI=1S/C21H21FN2O/c22-17-5-7-18(8-6-17)25-14-13-24-11-9-16(10-12-24)20-15-23-21-4-2-1-3-19(20)21/h1-9,15,23H,10-14H2. The number of halogens is 1. The van der Waals surface area contributed by atoms with Gasteiger partial charge in [-0.15, -0.1) is 0 Å². The zero-order valence-electron chi connectivity index (χ0n) is 14.0. The summed E-state index contributed by atoms with van der Waals surface area (Å²) in [5.74, 6) is 0.478. The molecular formula is C21H21FN2O. The van der Waals surface area contributed by atoms with Gasteiger partial charge in [-0.05, 0) is 42.3 Å². The fourth-order valence-electron chi connectivity index (χ4n) is 3.32. The number of rotatable bonds is 5. The number of nitrogens with zero attached hydrogens (tertiary/aromatic N) is 1. The van der Waals surface area contributed by atoms with Crippen molar-refractivity contribution in [1.82, 2.24) is 9.88 Å². The second-order valence-corrected chi connectivity index (χ2v) is 6.33. The molecule has 1 N–H and O–H groups in total. The molecule has 0 spiro atoms. The third-order valence-corrected chi connectivity index (χ3v) is 4.72. The second kappa shape index (κ2) is 7.11. The number of hydrogen-bond acceptors (Lipinski definition) is 2. The van der Waals surface area contributed by atoms with Gasteiger partial charge in [0.25, 0.3) is 0 Å². The van der Waals surface area contributed by atoms with Crippen molar-refractivity contribution in [3.8, 4) is 5.75 Å². The number of aromatic amines is 1. The Morgan fingerprint density at radius 2 is 1.92 bits per heavy atom. The van der Waals surface area contributed by atoms with Crippen molar-refractivity contribution in [2.45, 2.75) is 6.42 Å². The van der Waals surface area contributed by atoms with Gasteiger partial charge in [0.1, 0.15) is 18.2 Å². The molecule has 25 heavy (non-hydrogen) atoms. The highest BCUT2D eigenvalue weighted by molar-refractivity contribution is 5.92. The van der Waals surface area contributed by atoms with Crippen molar-refractivity contribution in [2.75, 3.05) is 26.2 Å². The molecule has 0 saturated heterocycles. The van der Waals surface area contributed by atoms with Crippen LogP contribution in [0, 0.1) is 5.82 Å². The van der Waals surface area contributed by atoms with Gasteiger partial charge in [-0.1, -0.05) is 24.3 Å². The summed E-state index contributed by atoms with van der Waals surface area (Å²) in [6.07, 6.45) is 5.47. The Hall–Kier alpha value is -2.59. The van der Waals surface area contributed by atoms with Crippen LogP contribution in [0.25, 0.3) is 16.5 Å². The molecule has 0 amide bonds. The van der Waals surface area contributed by atoms with Crippen molar-refractivity contribution in [3.63, 3.8) is 0 Å². The van der Waals surface area contributed by atoms with Crippen LogP contribution in [0.4, 0.5) is 4.39 Å². The van der Waals surface area contributed by atoms with Crippen molar-refractivity contribution in [1.29, 1.82) is 0 Å². The van der Waals surface area contributed by atoms with E-state index in [1.54, 1.807) is 12.1 Å². The number of para-hydroxylation sites is 1. The van der Waals surface area contributed by atoms with E-state index in [2.05, 4.69) is 46.4 Å². The van der Waals surface area contributed by atoms with Gasteiger partial charge in [-0.3, -0.25) is 4.90 Å². The van der Waals surface area contributed by atoms with Crippen LogP contribution >= 0.6 is 0 Å². The zero-order valence-corrected chi connectivity index (χ0v) is 14.0. The second-order valence-electron chi connectivity index (χ2n) is 6.33. The van der Waals surface area contributed by atoms with E-state index in [0.29, 0.717) is 12.4 Å². The molecule has 0 aliphatic carbocycles. The van der Waals surface area contributed by atoms with E-state index < -0.39 is 0 Å². The van der Waals surface area contributed by atoms with Gasteiger partial charge in [0, 0.05) is 42.3 Å². The van der Waals surface area contributed by atoms with Crippen LogP contribution in [-0.4, -0.2) is 36.1 Å². The molecule has 1 aromatic heterocycles. The van der Waals surface area contributed by atoms with Crippen molar-refractivity contribution in [2.24, 2.45) is 0 Å². The summed E-state index contributed by atoms with van der Waals surface area (Å²) in [6.45, 7) is 3.44. The molecule has 0 atom stereocenters. The summed E-state index contributed by atoms with van der Waals surface area (Å²) >= 11 is 0. The Balaban J connectivity index is 1.33. The Morgan fingerprint density at radius 3 is 2.72 bits per heavy atom. The van der Waals surface area contributed by atoms with Gasteiger partial charge in [-0.2, -0.15) is 0 Å². The number of benzene rings is 2. The van der Waals surface area contributed by atoms with Gasteiger partial charge in [0.2, 0.25) is 0 Å². The lowest BCUT2D eigenvalue weighted by Crippen LogP contribution is -2.32. The summed E-state index contributed by atoms with van der Waals surface area (Å²) in [4.78, 5) is 5.73. The van der Waals surface area contributed by atoms with Gasteiger partial charge in [0.15, 0.2) is 0 Å². The maximum atomic E-state index is 12.9. The van der Waals surface area contributed by atoms with E-state index in [9.17, 15) is 4.39 Å². The highest BCUT2D eigenvalue weighted by Crippen LogP contribution is 2.29. The summed E-state index contributed by atoms with van der Waals surface area (Å²) in [5.41, 5.74) is 3.92. The van der Waals surface area contributed by atoms with Crippen LogP contribution in [0.5, 0.6) is 5.75 Å². The summed E-state index contributed by atoms with van der Waals surface area (Å²) in [6, 6.07) is 14.6. The first-order chi connectivity index (χ1) is 12.3. The molecule has 0 bridgehead atoms. The Morgan fingerprint density at radius 1 is 1.08 bits per heavy atom. The van der Waals surface area contributed by atoms with E-state index >= 15 is 0 Å². The summed E-state index contributed by atoms with van der Waals surface area (Å²) in [7, 11) is 0. The molecule has 128 valence electrons. The fourth-order valence-corrected chi connectivity index (χ4v) is 3.32. The number of nitrogens with one attached hydrogen (secondary N) is 1. The molecule has 1 aliphatic rings. The van der Waals surface area contributed by atoms with E-state index in [4.69, 9.17) is 4.74 Å². The SMILES string of the molecule is Fc1ccc(OCCN2CC=C(c3c[nH]c4ccccc34)CC2)cc1. The first-order valence-corrected chi connectivity index (χ1v) is 8.66. The molecule has 2 heterocycles. The highest BCUT2D eigenvalue weighted by atomic mass is 19.1. The first kappa shape index (κ1) is 15.9. The van der Waals surface area contributed by atoms with E-state index in [1.807, 2.05) is 0 Å². The normalized spacial score (nSPS) is 15.3. The maximum absolute atomic E-state index is 12.9. The van der Waals surface area contributed by atoms with Crippen molar-refractivity contribution >= 4 is 16.5 Å². The van der Waals surface area contributed by atoms with Crippen molar-refractivity contribution < 1.29 is 9.13 Å². The van der Waals surface area contributed by atoms with Gasteiger partial charge in [0.05, 0.1) is 0 Å². The van der Waals surface area contributed by atoms with Crippen LogP contribution in [0.15, 0.2) is 60.8 Å². The van der Waals surface area contributed by atoms with Crippen LogP contribution in [-0.2, 0) is 0 Å². The third kappa shape index (κ3) is 3.59. The number of hydrogen-bond donors (Lipinski definition) is 1. The fraction of sp³-hybridized carbons (Fsp3) is 0.238. The molecule has 0 unspecified atom stereocenters. The minimum absolute atomic E-state index is 0.238. The van der Waals surface area contributed by atoms with Crippen LogP contribution in [0.3, 0.4) is 0 Å². The molecule has 0 radical (unpaired) electrons. The molecule has 1 aliphatic heterocycles. The quantitative estimate of drug-likeness (QED) is 0.744. The van der Waals surface area contributed by atoms with Gasteiger partial charge >= 0.3 is 0 Å². The molecular weight excluding hydrogens is 315 g/mol. The topological polar surface area (TPSA) is 28.3 Å². The molecule has 3 nitrogen and oxygen atoms in total. The molecule has 0 saturated carbocycles. The van der Waals surface area contributed by atoms with E-state index in [0.717, 1.165) is 26.1 Å². The smallest absolute Gasteiger partial charge is 0.123 e. The largest absolute Gasteiger partial charge is 0.492 e. The van der Waals surface area contributed by atoms with E-state index in [-0.39, 0.29) is 5.82 Å². The Kier molecular flexibility index (Phi) is 4.53. The third-order valence-electron chi connectivity index (χ3n) is 4.72.